The van der Waals surface area contributed by atoms with Crippen molar-refractivity contribution in [1.82, 2.24) is 0 Å². The van der Waals surface area contributed by atoms with Crippen molar-refractivity contribution in [3.05, 3.63) is 33.8 Å². The normalized spacial score (nSPS) is 9.42. The van der Waals surface area contributed by atoms with Gasteiger partial charge in [0, 0.05) is 10.9 Å². The van der Waals surface area contributed by atoms with Gasteiger partial charge in [-0.15, -0.1) is 0 Å². The first-order chi connectivity index (χ1) is 5.75. The molecular weight excluding hydrogens is 214 g/mol. The molecule has 0 unspecified atom stereocenters. The molecule has 2 heteroatoms. The van der Waals surface area contributed by atoms with Crippen molar-refractivity contribution in [2.45, 2.75) is 19.8 Å². The van der Waals surface area contributed by atoms with E-state index in [0.29, 0.717) is 6.42 Å². The van der Waals surface area contributed by atoms with Crippen molar-refractivity contribution >= 4 is 15.9 Å². The lowest BCUT2D eigenvalue weighted by Gasteiger charge is -2.04. The minimum atomic E-state index is 0.595. The summed E-state index contributed by atoms with van der Waals surface area (Å²) in [5.41, 5.74) is 2.50. The molecule has 0 saturated heterocycles. The third-order valence-electron chi connectivity index (χ3n) is 1.89. The van der Waals surface area contributed by atoms with Gasteiger partial charge in [0.2, 0.25) is 0 Å². The topological polar surface area (TPSA) is 23.8 Å². The van der Waals surface area contributed by atoms with Gasteiger partial charge in [-0.25, -0.2) is 0 Å². The van der Waals surface area contributed by atoms with Crippen molar-refractivity contribution in [3.63, 3.8) is 0 Å². The van der Waals surface area contributed by atoms with Crippen LogP contribution in [0.5, 0.6) is 0 Å². The van der Waals surface area contributed by atoms with Crippen LogP contribution in [-0.2, 0) is 6.42 Å². The molecule has 1 aromatic carbocycles. The van der Waals surface area contributed by atoms with Gasteiger partial charge in [0.05, 0.1) is 6.07 Å². The van der Waals surface area contributed by atoms with E-state index in [1.165, 1.54) is 11.1 Å². The summed E-state index contributed by atoms with van der Waals surface area (Å²) in [4.78, 5) is 0. The second kappa shape index (κ2) is 4.27. The summed E-state index contributed by atoms with van der Waals surface area (Å²) in [6, 6.07) is 8.24. The lowest BCUT2D eigenvalue weighted by molar-refractivity contribution is 0.994. The summed E-state index contributed by atoms with van der Waals surface area (Å²) >= 11 is 3.46. The molecule has 1 nitrogen and oxygen atoms in total. The highest BCUT2D eigenvalue weighted by Gasteiger charge is 1.99. The molecule has 0 radical (unpaired) electrons. The number of halogens is 1. The molecule has 0 spiro atoms. The van der Waals surface area contributed by atoms with E-state index in [9.17, 15) is 0 Å². The zero-order valence-electron chi connectivity index (χ0n) is 6.97. The average molecular weight is 224 g/mol. The van der Waals surface area contributed by atoms with Crippen LogP contribution >= 0.6 is 15.9 Å². The Balaban J connectivity index is 2.86. The average Bonchev–Trinajstić information content (AvgIpc) is 2.08. The zero-order chi connectivity index (χ0) is 8.97. The molecule has 0 fully saturated rings. The maximum Gasteiger partial charge on any atom is 0.0625 e. The van der Waals surface area contributed by atoms with Crippen LogP contribution in [0.15, 0.2) is 22.7 Å². The number of nitrogens with zero attached hydrogens (tertiary/aromatic N) is 1. The van der Waals surface area contributed by atoms with Crippen molar-refractivity contribution < 1.29 is 0 Å². The number of aryl methyl sites for hydroxylation is 1. The van der Waals surface area contributed by atoms with Gasteiger partial charge in [-0.2, -0.15) is 5.26 Å². The van der Waals surface area contributed by atoms with Gasteiger partial charge in [-0.3, -0.25) is 0 Å². The fraction of sp³-hybridized carbons (Fsp3) is 0.300. The molecule has 0 saturated carbocycles. The molecule has 0 aromatic heterocycles. The first kappa shape index (κ1) is 9.28. The highest BCUT2D eigenvalue weighted by molar-refractivity contribution is 9.10. The lowest BCUT2D eigenvalue weighted by Crippen LogP contribution is -1.88. The fourth-order valence-corrected chi connectivity index (χ4v) is 1.52. The van der Waals surface area contributed by atoms with E-state index in [0.717, 1.165) is 10.9 Å². The standard InChI is InChI=1S/C10H10BrN/c1-8-9(5-3-7-12)4-2-6-10(8)11/h2,4,6H,3,5H2,1H3. The SMILES string of the molecule is Cc1c(Br)cccc1CCC#N. The van der Waals surface area contributed by atoms with Crippen LogP contribution in [0.2, 0.25) is 0 Å². The molecular formula is C10H10BrN. The number of hydrogen-bond acceptors (Lipinski definition) is 1. The fourth-order valence-electron chi connectivity index (χ4n) is 1.11. The predicted octanol–water partition coefficient (Wildman–Crippen LogP) is 3.21. The monoisotopic (exact) mass is 223 g/mol. The van der Waals surface area contributed by atoms with E-state index >= 15 is 0 Å². The van der Waals surface area contributed by atoms with Crippen LogP contribution in [0.1, 0.15) is 17.5 Å². The van der Waals surface area contributed by atoms with Crippen LogP contribution in [0, 0.1) is 18.3 Å². The van der Waals surface area contributed by atoms with Crippen LogP contribution < -0.4 is 0 Å². The molecule has 0 aliphatic rings. The summed E-state index contributed by atoms with van der Waals surface area (Å²) in [5, 5.41) is 8.43. The summed E-state index contributed by atoms with van der Waals surface area (Å²) < 4.78 is 1.12. The molecule has 0 aliphatic carbocycles. The largest absolute Gasteiger partial charge is 0.198 e. The third kappa shape index (κ3) is 2.09. The first-order valence-corrected chi connectivity index (χ1v) is 4.66. The van der Waals surface area contributed by atoms with Gasteiger partial charge in [-0.1, -0.05) is 28.1 Å². The van der Waals surface area contributed by atoms with Crippen LogP contribution in [0.4, 0.5) is 0 Å². The Morgan fingerprint density at radius 3 is 2.92 bits per heavy atom. The highest BCUT2D eigenvalue weighted by atomic mass is 79.9. The summed E-state index contributed by atoms with van der Waals surface area (Å²) in [5.74, 6) is 0. The van der Waals surface area contributed by atoms with Crippen molar-refractivity contribution in [2.24, 2.45) is 0 Å². The van der Waals surface area contributed by atoms with E-state index in [4.69, 9.17) is 5.26 Å². The molecule has 0 amide bonds. The number of hydrogen-bond donors (Lipinski definition) is 0. The second-order valence-corrected chi connectivity index (χ2v) is 3.54. The minimum absolute atomic E-state index is 0.595. The number of benzene rings is 1. The smallest absolute Gasteiger partial charge is 0.0625 e. The zero-order valence-corrected chi connectivity index (χ0v) is 8.56. The molecule has 0 heterocycles. The Bertz CT molecular complexity index is 312. The van der Waals surface area contributed by atoms with E-state index in [-0.39, 0.29) is 0 Å². The minimum Gasteiger partial charge on any atom is -0.198 e. The van der Waals surface area contributed by atoms with Gasteiger partial charge < -0.3 is 0 Å². The van der Waals surface area contributed by atoms with Gasteiger partial charge >= 0.3 is 0 Å². The van der Waals surface area contributed by atoms with Gasteiger partial charge in [-0.05, 0) is 30.5 Å². The van der Waals surface area contributed by atoms with Crippen LogP contribution in [0.25, 0.3) is 0 Å². The van der Waals surface area contributed by atoms with Crippen molar-refractivity contribution in [2.75, 3.05) is 0 Å². The predicted molar refractivity (Wildman–Crippen MR) is 52.8 cm³/mol. The molecule has 0 aliphatic heterocycles. The third-order valence-corrected chi connectivity index (χ3v) is 2.75. The first-order valence-electron chi connectivity index (χ1n) is 3.86. The summed E-state index contributed by atoms with van der Waals surface area (Å²) in [6.45, 7) is 2.07. The van der Waals surface area contributed by atoms with Gasteiger partial charge in [0.15, 0.2) is 0 Å². The molecule has 62 valence electrons. The maximum atomic E-state index is 8.43. The van der Waals surface area contributed by atoms with Gasteiger partial charge in [0.1, 0.15) is 0 Å². The quantitative estimate of drug-likeness (QED) is 0.756. The van der Waals surface area contributed by atoms with Crippen molar-refractivity contribution in [1.29, 1.82) is 5.26 Å². The molecule has 12 heavy (non-hydrogen) atoms. The van der Waals surface area contributed by atoms with E-state index in [1.54, 1.807) is 0 Å². The maximum absolute atomic E-state index is 8.43. The Morgan fingerprint density at radius 1 is 1.50 bits per heavy atom. The van der Waals surface area contributed by atoms with Crippen molar-refractivity contribution in [3.8, 4) is 6.07 Å². The lowest BCUT2D eigenvalue weighted by atomic mass is 10.0. The van der Waals surface area contributed by atoms with E-state index in [1.807, 2.05) is 12.1 Å². The van der Waals surface area contributed by atoms with E-state index < -0.39 is 0 Å². The Morgan fingerprint density at radius 2 is 2.25 bits per heavy atom. The van der Waals surface area contributed by atoms with Crippen LogP contribution in [-0.4, -0.2) is 0 Å². The molecule has 0 atom stereocenters. The Labute approximate surface area is 81.2 Å². The molecule has 0 bridgehead atoms. The van der Waals surface area contributed by atoms with E-state index in [2.05, 4.69) is 35.0 Å². The summed E-state index contributed by atoms with van der Waals surface area (Å²) in [7, 11) is 0. The van der Waals surface area contributed by atoms with Crippen LogP contribution in [0.3, 0.4) is 0 Å². The highest BCUT2D eigenvalue weighted by Crippen LogP contribution is 2.20. The molecule has 1 rings (SSSR count). The number of nitriles is 1. The Kier molecular flexibility index (Phi) is 3.31. The van der Waals surface area contributed by atoms with Gasteiger partial charge in [0.25, 0.3) is 0 Å². The molecule has 0 N–H and O–H groups in total. The second-order valence-electron chi connectivity index (χ2n) is 2.68. The molecule has 1 aromatic rings. The Hall–Kier alpha value is -0.810. The summed E-state index contributed by atoms with van der Waals surface area (Å²) in [6.07, 6.45) is 1.44. The number of rotatable bonds is 2.